The SMILES string of the molecule is CN(C)C(=NCCC(=O)N1CCCCC1)N(C)C. The standard InChI is InChI=1S/C13H26N4O/c1-15(2)13(16(3)4)14-9-8-12(18)17-10-6-5-7-11-17/h5-11H2,1-4H3. The summed E-state index contributed by atoms with van der Waals surface area (Å²) in [6, 6.07) is 0. The van der Waals surface area contributed by atoms with Crippen LogP contribution in [0.4, 0.5) is 0 Å². The van der Waals surface area contributed by atoms with E-state index in [0.717, 1.165) is 31.9 Å². The molecule has 1 heterocycles. The molecule has 0 atom stereocenters. The lowest BCUT2D eigenvalue weighted by Gasteiger charge is -2.27. The van der Waals surface area contributed by atoms with E-state index in [4.69, 9.17) is 0 Å². The minimum atomic E-state index is 0.246. The minimum Gasteiger partial charge on any atom is -0.349 e. The fourth-order valence-corrected chi connectivity index (χ4v) is 2.24. The second kappa shape index (κ2) is 7.24. The summed E-state index contributed by atoms with van der Waals surface area (Å²) in [5.41, 5.74) is 0. The van der Waals surface area contributed by atoms with Crippen LogP contribution in [0.15, 0.2) is 4.99 Å². The highest BCUT2D eigenvalue weighted by Gasteiger charge is 2.15. The first-order valence-electron chi connectivity index (χ1n) is 6.69. The third-order valence-corrected chi connectivity index (χ3v) is 3.09. The number of amides is 1. The normalized spacial score (nSPS) is 15.2. The van der Waals surface area contributed by atoms with Gasteiger partial charge in [0, 0.05) is 47.7 Å². The number of guanidine groups is 1. The topological polar surface area (TPSA) is 39.2 Å². The molecule has 5 heteroatoms. The molecule has 0 aromatic heterocycles. The van der Waals surface area contributed by atoms with Gasteiger partial charge in [-0.25, -0.2) is 0 Å². The summed E-state index contributed by atoms with van der Waals surface area (Å²) in [6.45, 7) is 2.43. The van der Waals surface area contributed by atoms with E-state index >= 15 is 0 Å². The van der Waals surface area contributed by atoms with Gasteiger partial charge in [-0.05, 0) is 19.3 Å². The van der Waals surface area contributed by atoms with Crippen molar-refractivity contribution in [3.8, 4) is 0 Å². The van der Waals surface area contributed by atoms with E-state index in [9.17, 15) is 4.79 Å². The predicted octanol–water partition coefficient (Wildman–Crippen LogP) is 0.868. The molecule has 1 aliphatic heterocycles. The summed E-state index contributed by atoms with van der Waals surface area (Å²) in [6.07, 6.45) is 4.07. The van der Waals surface area contributed by atoms with Crippen LogP contribution >= 0.6 is 0 Å². The molecule has 1 aliphatic rings. The molecule has 0 aromatic carbocycles. The summed E-state index contributed by atoms with van der Waals surface area (Å²) in [5.74, 6) is 1.15. The summed E-state index contributed by atoms with van der Waals surface area (Å²) in [4.78, 5) is 22.3. The van der Waals surface area contributed by atoms with Gasteiger partial charge in [-0.3, -0.25) is 9.79 Å². The van der Waals surface area contributed by atoms with Crippen LogP contribution in [0, 0.1) is 0 Å². The second-order valence-corrected chi connectivity index (χ2v) is 5.16. The van der Waals surface area contributed by atoms with Gasteiger partial charge in [-0.2, -0.15) is 0 Å². The average molecular weight is 254 g/mol. The summed E-state index contributed by atoms with van der Waals surface area (Å²) >= 11 is 0. The van der Waals surface area contributed by atoms with Crippen molar-refractivity contribution >= 4 is 11.9 Å². The summed E-state index contributed by atoms with van der Waals surface area (Å²) in [7, 11) is 7.85. The van der Waals surface area contributed by atoms with E-state index in [1.165, 1.54) is 6.42 Å². The molecule has 104 valence electrons. The lowest BCUT2D eigenvalue weighted by atomic mass is 10.1. The molecule has 0 spiro atoms. The number of hydrogen-bond donors (Lipinski definition) is 0. The van der Waals surface area contributed by atoms with Crippen LogP contribution in [-0.2, 0) is 4.79 Å². The Bertz CT molecular complexity index is 283. The fourth-order valence-electron chi connectivity index (χ4n) is 2.24. The van der Waals surface area contributed by atoms with E-state index in [2.05, 4.69) is 4.99 Å². The molecule has 1 rings (SSSR count). The van der Waals surface area contributed by atoms with Gasteiger partial charge in [0.05, 0.1) is 6.54 Å². The first-order chi connectivity index (χ1) is 8.52. The molecule has 0 unspecified atom stereocenters. The van der Waals surface area contributed by atoms with E-state index in [1.54, 1.807) is 0 Å². The van der Waals surface area contributed by atoms with Crippen molar-refractivity contribution in [2.45, 2.75) is 25.7 Å². The van der Waals surface area contributed by atoms with Gasteiger partial charge >= 0.3 is 0 Å². The Morgan fingerprint density at radius 3 is 2.11 bits per heavy atom. The molecule has 0 aliphatic carbocycles. The Balaban J connectivity index is 2.39. The van der Waals surface area contributed by atoms with Crippen LogP contribution in [0.2, 0.25) is 0 Å². The van der Waals surface area contributed by atoms with Crippen LogP contribution < -0.4 is 0 Å². The molecule has 0 saturated carbocycles. The van der Waals surface area contributed by atoms with Crippen molar-refractivity contribution in [1.29, 1.82) is 0 Å². The van der Waals surface area contributed by atoms with E-state index in [-0.39, 0.29) is 5.91 Å². The van der Waals surface area contributed by atoms with Crippen LogP contribution in [0.1, 0.15) is 25.7 Å². The summed E-state index contributed by atoms with van der Waals surface area (Å²) < 4.78 is 0. The van der Waals surface area contributed by atoms with Crippen molar-refractivity contribution in [1.82, 2.24) is 14.7 Å². The zero-order valence-corrected chi connectivity index (χ0v) is 12.1. The lowest BCUT2D eigenvalue weighted by Crippen LogP contribution is -2.37. The van der Waals surface area contributed by atoms with Crippen molar-refractivity contribution in [3.05, 3.63) is 0 Å². The molecule has 0 bridgehead atoms. The average Bonchev–Trinajstić information content (AvgIpc) is 2.34. The maximum absolute atomic E-state index is 11.9. The van der Waals surface area contributed by atoms with Crippen molar-refractivity contribution in [2.75, 3.05) is 47.8 Å². The molecule has 0 radical (unpaired) electrons. The number of likely N-dealkylation sites (tertiary alicyclic amines) is 1. The first-order valence-corrected chi connectivity index (χ1v) is 6.69. The molecule has 5 nitrogen and oxygen atoms in total. The first kappa shape index (κ1) is 14.8. The second-order valence-electron chi connectivity index (χ2n) is 5.16. The Labute approximate surface area is 110 Å². The Morgan fingerprint density at radius 2 is 1.61 bits per heavy atom. The minimum absolute atomic E-state index is 0.246. The third kappa shape index (κ3) is 4.55. The maximum atomic E-state index is 11.9. The molecule has 18 heavy (non-hydrogen) atoms. The maximum Gasteiger partial charge on any atom is 0.224 e. The molecule has 1 amide bonds. The Hall–Kier alpha value is -1.26. The monoisotopic (exact) mass is 254 g/mol. The zero-order chi connectivity index (χ0) is 13.5. The van der Waals surface area contributed by atoms with Gasteiger partial charge < -0.3 is 14.7 Å². The largest absolute Gasteiger partial charge is 0.349 e. The highest BCUT2D eigenvalue weighted by Crippen LogP contribution is 2.09. The molecule has 0 N–H and O–H groups in total. The van der Waals surface area contributed by atoms with E-state index in [1.807, 2.05) is 42.9 Å². The van der Waals surface area contributed by atoms with Gasteiger partial charge in [0.25, 0.3) is 0 Å². The highest BCUT2D eigenvalue weighted by molar-refractivity contribution is 5.80. The lowest BCUT2D eigenvalue weighted by molar-refractivity contribution is -0.131. The number of piperidine rings is 1. The van der Waals surface area contributed by atoms with E-state index < -0.39 is 0 Å². The molecule has 0 aromatic rings. The van der Waals surface area contributed by atoms with Crippen LogP contribution in [0.5, 0.6) is 0 Å². The smallest absolute Gasteiger partial charge is 0.224 e. The van der Waals surface area contributed by atoms with Gasteiger partial charge in [0.2, 0.25) is 5.91 Å². The van der Waals surface area contributed by atoms with Gasteiger partial charge in [-0.15, -0.1) is 0 Å². The fraction of sp³-hybridized carbons (Fsp3) is 0.846. The molecule has 1 saturated heterocycles. The zero-order valence-electron chi connectivity index (χ0n) is 12.1. The van der Waals surface area contributed by atoms with Crippen molar-refractivity contribution in [2.24, 2.45) is 4.99 Å². The van der Waals surface area contributed by atoms with Crippen LogP contribution in [0.3, 0.4) is 0 Å². The number of carbonyl (C=O) groups is 1. The molecular weight excluding hydrogens is 228 g/mol. The van der Waals surface area contributed by atoms with Crippen molar-refractivity contribution in [3.63, 3.8) is 0 Å². The van der Waals surface area contributed by atoms with E-state index in [0.29, 0.717) is 13.0 Å². The Morgan fingerprint density at radius 1 is 1.06 bits per heavy atom. The van der Waals surface area contributed by atoms with Gasteiger partial charge in [0.1, 0.15) is 0 Å². The third-order valence-electron chi connectivity index (χ3n) is 3.09. The van der Waals surface area contributed by atoms with Gasteiger partial charge in [-0.1, -0.05) is 0 Å². The van der Waals surface area contributed by atoms with Gasteiger partial charge in [0.15, 0.2) is 5.96 Å². The number of aliphatic imine (C=N–C) groups is 1. The number of nitrogens with zero attached hydrogens (tertiary/aromatic N) is 4. The number of carbonyl (C=O) groups excluding carboxylic acids is 1. The van der Waals surface area contributed by atoms with Crippen LogP contribution in [0.25, 0.3) is 0 Å². The van der Waals surface area contributed by atoms with Crippen LogP contribution in [-0.4, -0.2) is 74.4 Å². The number of rotatable bonds is 3. The number of hydrogen-bond acceptors (Lipinski definition) is 2. The quantitative estimate of drug-likeness (QED) is 0.554. The Kier molecular flexibility index (Phi) is 5.95. The van der Waals surface area contributed by atoms with Crippen molar-refractivity contribution < 1.29 is 4.79 Å². The highest BCUT2D eigenvalue weighted by atomic mass is 16.2. The molecule has 1 fully saturated rings. The molecular formula is C13H26N4O. The predicted molar refractivity (Wildman–Crippen MR) is 74.7 cm³/mol. The summed E-state index contributed by atoms with van der Waals surface area (Å²) in [5, 5.41) is 0.